The molecule has 0 aliphatic heterocycles. The molecule has 0 bridgehead atoms. The number of benzene rings is 4. The Balaban J connectivity index is 1.59. The third-order valence-corrected chi connectivity index (χ3v) is 6.92. The average Bonchev–Trinajstić information content (AvgIpc) is 2.75. The van der Waals surface area contributed by atoms with E-state index in [-0.39, 0.29) is 5.41 Å². The lowest BCUT2D eigenvalue weighted by atomic mass is 9.70. The molecule has 0 nitrogen and oxygen atoms in total. The molecule has 0 N–H and O–H groups in total. The van der Waals surface area contributed by atoms with E-state index in [1.165, 1.54) is 62.7 Å². The minimum atomic E-state index is -0.194. The quantitative estimate of drug-likeness (QED) is 0.374. The minimum absolute atomic E-state index is 0.194. The number of fused-ring (bicyclic) bond motifs is 1. The summed E-state index contributed by atoms with van der Waals surface area (Å²) in [5.74, 6) is 0. The summed E-state index contributed by atoms with van der Waals surface area (Å²) in [5, 5.41) is 0. The fourth-order valence-corrected chi connectivity index (χ4v) is 4.64. The molecule has 0 atom stereocenters. The molecule has 0 saturated carbocycles. The van der Waals surface area contributed by atoms with Gasteiger partial charge in [-0.05, 0) is 58.7 Å². The van der Waals surface area contributed by atoms with Crippen LogP contribution in [0.1, 0.15) is 34.7 Å². The van der Waals surface area contributed by atoms with E-state index in [9.17, 15) is 0 Å². The van der Waals surface area contributed by atoms with E-state index >= 15 is 0 Å². The fourth-order valence-electron chi connectivity index (χ4n) is 4.64. The van der Waals surface area contributed by atoms with Gasteiger partial charge in [0.2, 0.25) is 0 Å². The highest BCUT2D eigenvalue weighted by atomic mass is 14.3. The molecule has 0 fully saturated rings. The van der Waals surface area contributed by atoms with Crippen molar-refractivity contribution in [1.82, 2.24) is 0 Å². The van der Waals surface area contributed by atoms with Crippen LogP contribution in [-0.4, -0.2) is 15.7 Å². The number of hydrogen-bond donors (Lipinski definition) is 0. The summed E-state index contributed by atoms with van der Waals surface area (Å²) in [6, 6.07) is 34.1. The number of aryl methyl sites for hydroxylation is 2. The molecule has 0 heterocycles. The standard InChI is InChI=1S/C28H26B2/c1-28(24-10-14-26(29)15-11-24,25-12-16-27(30)17-13-25)23-8-6-20(7-9-23)22-5-3-19-2-4-21(19)18-22/h3,5-18H,2,4,29-30H2,1H3. The van der Waals surface area contributed by atoms with Gasteiger partial charge in [-0.15, -0.1) is 0 Å². The molecule has 30 heavy (non-hydrogen) atoms. The van der Waals surface area contributed by atoms with E-state index in [2.05, 4.69) is 114 Å². The van der Waals surface area contributed by atoms with Crippen molar-refractivity contribution in [3.05, 3.63) is 119 Å². The summed E-state index contributed by atoms with van der Waals surface area (Å²) in [4.78, 5) is 0. The highest BCUT2D eigenvalue weighted by Gasteiger charge is 2.31. The lowest BCUT2D eigenvalue weighted by Gasteiger charge is -2.32. The first-order valence-corrected chi connectivity index (χ1v) is 10.9. The first-order chi connectivity index (χ1) is 14.5. The zero-order valence-corrected chi connectivity index (χ0v) is 18.1. The van der Waals surface area contributed by atoms with Crippen molar-refractivity contribution in [1.29, 1.82) is 0 Å². The van der Waals surface area contributed by atoms with Gasteiger partial charge < -0.3 is 0 Å². The fraction of sp³-hybridized carbons (Fsp3) is 0.143. The largest absolute Gasteiger partial charge is 0.139 e. The molecule has 1 aliphatic rings. The topological polar surface area (TPSA) is 0 Å². The summed E-state index contributed by atoms with van der Waals surface area (Å²) in [6.07, 6.45) is 2.46. The van der Waals surface area contributed by atoms with Crippen LogP contribution in [0.15, 0.2) is 91.0 Å². The van der Waals surface area contributed by atoms with Crippen molar-refractivity contribution in [2.75, 3.05) is 0 Å². The van der Waals surface area contributed by atoms with Crippen molar-refractivity contribution in [3.8, 4) is 11.1 Å². The molecule has 0 spiro atoms. The lowest BCUT2D eigenvalue weighted by Crippen LogP contribution is -2.26. The van der Waals surface area contributed by atoms with Crippen LogP contribution in [0.25, 0.3) is 11.1 Å². The molecular weight excluding hydrogens is 358 g/mol. The van der Waals surface area contributed by atoms with E-state index in [1.54, 1.807) is 0 Å². The lowest BCUT2D eigenvalue weighted by molar-refractivity contribution is 0.693. The maximum Gasteiger partial charge on any atom is 0.139 e. The van der Waals surface area contributed by atoms with Gasteiger partial charge in [0.1, 0.15) is 15.7 Å². The predicted octanol–water partition coefficient (Wildman–Crippen LogP) is 3.32. The van der Waals surface area contributed by atoms with Crippen LogP contribution >= 0.6 is 0 Å². The zero-order valence-electron chi connectivity index (χ0n) is 18.1. The molecule has 0 radical (unpaired) electrons. The van der Waals surface area contributed by atoms with E-state index in [4.69, 9.17) is 0 Å². The second-order valence-electron chi connectivity index (χ2n) is 8.92. The van der Waals surface area contributed by atoms with Gasteiger partial charge in [-0.25, -0.2) is 0 Å². The Kier molecular flexibility index (Phi) is 4.66. The average molecular weight is 384 g/mol. The molecule has 4 aromatic rings. The summed E-state index contributed by atoms with van der Waals surface area (Å²) in [5.41, 5.74) is 12.0. The van der Waals surface area contributed by atoms with Crippen LogP contribution < -0.4 is 10.9 Å². The van der Waals surface area contributed by atoms with Crippen LogP contribution in [-0.2, 0) is 18.3 Å². The Bertz CT molecular complexity index is 1140. The monoisotopic (exact) mass is 384 g/mol. The Morgan fingerprint density at radius 2 is 0.967 bits per heavy atom. The van der Waals surface area contributed by atoms with Gasteiger partial charge in [-0.2, -0.15) is 0 Å². The van der Waals surface area contributed by atoms with Crippen molar-refractivity contribution in [2.45, 2.75) is 25.2 Å². The SMILES string of the molecule is Bc1ccc(C(C)(c2ccc(B)cc2)c2ccc(-c3ccc4c(c3)CC4)cc2)cc1. The Labute approximate surface area is 181 Å². The predicted molar refractivity (Wildman–Crippen MR) is 134 cm³/mol. The second-order valence-corrected chi connectivity index (χ2v) is 8.92. The molecule has 144 valence electrons. The van der Waals surface area contributed by atoms with Gasteiger partial charge in [0.15, 0.2) is 0 Å². The number of hydrogen-bond acceptors (Lipinski definition) is 0. The first kappa shape index (κ1) is 19.0. The molecular formula is C28H26B2. The maximum atomic E-state index is 2.37. The van der Waals surface area contributed by atoms with Crippen LogP contribution in [0.4, 0.5) is 0 Å². The molecule has 5 rings (SSSR count). The molecule has 0 aromatic heterocycles. The third-order valence-electron chi connectivity index (χ3n) is 6.92. The van der Waals surface area contributed by atoms with E-state index in [0.717, 1.165) is 0 Å². The Hall–Kier alpha value is -2.99. The molecule has 0 unspecified atom stereocenters. The van der Waals surface area contributed by atoms with Crippen LogP contribution in [0, 0.1) is 0 Å². The van der Waals surface area contributed by atoms with Gasteiger partial charge in [0.25, 0.3) is 0 Å². The summed E-state index contributed by atoms with van der Waals surface area (Å²) < 4.78 is 0. The molecule has 0 amide bonds. The van der Waals surface area contributed by atoms with Crippen LogP contribution in [0.2, 0.25) is 0 Å². The van der Waals surface area contributed by atoms with Crippen LogP contribution in [0.5, 0.6) is 0 Å². The highest BCUT2D eigenvalue weighted by Crippen LogP contribution is 2.39. The van der Waals surface area contributed by atoms with Gasteiger partial charge >= 0.3 is 0 Å². The highest BCUT2D eigenvalue weighted by molar-refractivity contribution is 6.32. The number of rotatable bonds is 4. The zero-order chi connectivity index (χ0) is 20.7. The van der Waals surface area contributed by atoms with Gasteiger partial charge in [-0.1, -0.05) is 102 Å². The maximum absolute atomic E-state index is 2.37. The Morgan fingerprint density at radius 3 is 1.40 bits per heavy atom. The summed E-state index contributed by atoms with van der Waals surface area (Å²) in [6.45, 7) is 2.35. The molecule has 0 saturated heterocycles. The van der Waals surface area contributed by atoms with Crippen molar-refractivity contribution in [2.24, 2.45) is 0 Å². The van der Waals surface area contributed by atoms with Crippen molar-refractivity contribution in [3.63, 3.8) is 0 Å². The van der Waals surface area contributed by atoms with Crippen molar-refractivity contribution >= 4 is 26.6 Å². The minimum Gasteiger partial charge on any atom is -0.0889 e. The summed E-state index contributed by atoms with van der Waals surface area (Å²) in [7, 11) is 4.30. The van der Waals surface area contributed by atoms with Crippen LogP contribution in [0.3, 0.4) is 0 Å². The van der Waals surface area contributed by atoms with E-state index in [1.807, 2.05) is 0 Å². The summed E-state index contributed by atoms with van der Waals surface area (Å²) >= 11 is 0. The normalized spacial score (nSPS) is 12.8. The second kappa shape index (κ2) is 7.36. The van der Waals surface area contributed by atoms with Crippen molar-refractivity contribution < 1.29 is 0 Å². The van der Waals surface area contributed by atoms with Gasteiger partial charge in [0, 0.05) is 5.41 Å². The third kappa shape index (κ3) is 3.21. The Morgan fingerprint density at radius 1 is 0.533 bits per heavy atom. The van der Waals surface area contributed by atoms with E-state index < -0.39 is 0 Å². The van der Waals surface area contributed by atoms with Gasteiger partial charge in [-0.3, -0.25) is 0 Å². The molecule has 1 aliphatic carbocycles. The smallest absolute Gasteiger partial charge is 0.0889 e. The molecule has 4 aromatic carbocycles. The molecule has 2 heteroatoms. The first-order valence-electron chi connectivity index (χ1n) is 10.9. The van der Waals surface area contributed by atoms with Gasteiger partial charge in [0.05, 0.1) is 0 Å². The van der Waals surface area contributed by atoms with E-state index in [0.29, 0.717) is 0 Å².